The fraction of sp³-hybridized carbons (Fsp3) is 0.792. The molecule has 3 fully saturated rings. The average molecular weight is 483 g/mol. The summed E-state index contributed by atoms with van der Waals surface area (Å²) in [5.41, 5.74) is -3.54. The van der Waals surface area contributed by atoms with Gasteiger partial charge in [-0.05, 0) is 26.3 Å². The number of aliphatic hydroxyl groups excluding tert-OH is 1. The van der Waals surface area contributed by atoms with E-state index >= 15 is 0 Å². The molecule has 1 spiro atoms. The van der Waals surface area contributed by atoms with Crippen LogP contribution in [0.1, 0.15) is 54.4 Å². The monoisotopic (exact) mass is 482 g/mol. The predicted molar refractivity (Wildman–Crippen MR) is 115 cm³/mol. The quantitative estimate of drug-likeness (QED) is 0.242. The minimum atomic E-state index is -1.24. The maximum atomic E-state index is 12.6. The van der Waals surface area contributed by atoms with Crippen molar-refractivity contribution in [1.29, 1.82) is 0 Å². The van der Waals surface area contributed by atoms with E-state index in [1.807, 2.05) is 19.9 Å². The number of rotatable bonds is 6. The molecule has 4 aliphatic rings. The van der Waals surface area contributed by atoms with Crippen LogP contribution >= 0.6 is 0 Å². The molecule has 10 heteroatoms. The first-order valence-corrected chi connectivity index (χ1v) is 11.6. The summed E-state index contributed by atoms with van der Waals surface area (Å²) in [6.45, 7) is 9.41. The topological polar surface area (TPSA) is 141 Å². The van der Waals surface area contributed by atoms with Gasteiger partial charge in [0.25, 0.3) is 0 Å². The Hall–Kier alpha value is -2.01. The second kappa shape index (κ2) is 8.01. The second-order valence-corrected chi connectivity index (χ2v) is 10.9. The lowest BCUT2D eigenvalue weighted by Crippen LogP contribution is -2.67. The van der Waals surface area contributed by atoms with Gasteiger partial charge in [-0.15, -0.1) is 0 Å². The maximum Gasteiger partial charge on any atom is 0.309 e. The molecule has 10 nitrogen and oxygen atoms in total. The fourth-order valence-electron chi connectivity index (χ4n) is 6.23. The average Bonchev–Trinajstić information content (AvgIpc) is 3.47. The molecule has 0 aromatic carbocycles. The van der Waals surface area contributed by atoms with E-state index in [4.69, 9.17) is 23.7 Å². The van der Waals surface area contributed by atoms with Crippen LogP contribution in [0.2, 0.25) is 0 Å². The van der Waals surface area contributed by atoms with Crippen molar-refractivity contribution in [3.63, 3.8) is 0 Å². The molecule has 1 saturated carbocycles. The van der Waals surface area contributed by atoms with E-state index in [0.717, 1.165) is 5.57 Å². The summed E-state index contributed by atoms with van der Waals surface area (Å²) >= 11 is 0. The number of fused-ring (bicyclic) bond motifs is 2. The van der Waals surface area contributed by atoms with Gasteiger partial charge in [0.2, 0.25) is 0 Å². The Morgan fingerprint density at radius 1 is 1.21 bits per heavy atom. The number of carbonyl (C=O) groups excluding carboxylic acids is 3. The molecule has 2 aliphatic heterocycles. The van der Waals surface area contributed by atoms with Gasteiger partial charge in [-0.3, -0.25) is 14.4 Å². The number of esters is 3. The van der Waals surface area contributed by atoms with Crippen molar-refractivity contribution >= 4 is 17.9 Å². The maximum absolute atomic E-state index is 12.6. The minimum Gasteiger partial charge on any atom is -0.465 e. The van der Waals surface area contributed by atoms with E-state index in [2.05, 4.69) is 0 Å². The van der Waals surface area contributed by atoms with Crippen LogP contribution in [-0.4, -0.2) is 83.1 Å². The molecule has 34 heavy (non-hydrogen) atoms. The first-order chi connectivity index (χ1) is 15.7. The first kappa shape index (κ1) is 25.1. The van der Waals surface area contributed by atoms with Crippen LogP contribution in [0.15, 0.2) is 11.6 Å². The van der Waals surface area contributed by atoms with Gasteiger partial charge in [0.15, 0.2) is 6.10 Å². The fourth-order valence-corrected chi connectivity index (χ4v) is 6.23. The Balaban J connectivity index is 1.76. The molecule has 4 rings (SSSR count). The molecule has 190 valence electrons. The van der Waals surface area contributed by atoms with Gasteiger partial charge < -0.3 is 33.9 Å². The third-order valence-electron chi connectivity index (χ3n) is 8.02. The SMILES string of the molecule is CC(=O)OC[C@]12C[C@H](OC(=O)CC(C)(C)O)C(C)=C[C@H]1O[C@H]1[C@H](OC(C)=O)[C@@H](O)[C@@]2(C)[C@]12CO2. The third-order valence-corrected chi connectivity index (χ3v) is 8.02. The summed E-state index contributed by atoms with van der Waals surface area (Å²) in [6, 6.07) is 0. The Kier molecular flexibility index (Phi) is 5.91. The van der Waals surface area contributed by atoms with Crippen molar-refractivity contribution in [1.82, 2.24) is 0 Å². The lowest BCUT2D eigenvalue weighted by atomic mass is 9.51. The number of ether oxygens (including phenoxy) is 5. The van der Waals surface area contributed by atoms with Gasteiger partial charge in [-0.2, -0.15) is 0 Å². The normalized spacial score (nSPS) is 42.5. The van der Waals surface area contributed by atoms with E-state index in [0.29, 0.717) is 0 Å². The molecule has 2 bridgehead atoms. The Labute approximate surface area is 198 Å². The molecule has 2 aliphatic carbocycles. The molecule has 0 radical (unpaired) electrons. The molecule has 8 atom stereocenters. The zero-order chi connectivity index (χ0) is 25.3. The van der Waals surface area contributed by atoms with Crippen LogP contribution < -0.4 is 0 Å². The van der Waals surface area contributed by atoms with Gasteiger partial charge in [-0.1, -0.05) is 13.0 Å². The van der Waals surface area contributed by atoms with E-state index < -0.39 is 70.5 Å². The number of aliphatic hydroxyl groups is 2. The van der Waals surface area contributed by atoms with E-state index in [1.165, 1.54) is 27.7 Å². The van der Waals surface area contributed by atoms with E-state index in [9.17, 15) is 24.6 Å². The number of epoxide rings is 1. The predicted octanol–water partition coefficient (Wildman–Crippen LogP) is 0.808. The molecule has 0 unspecified atom stereocenters. The highest BCUT2D eigenvalue weighted by Gasteiger charge is 2.86. The number of hydrogen-bond donors (Lipinski definition) is 2. The summed E-state index contributed by atoms with van der Waals surface area (Å²) in [4.78, 5) is 36.3. The van der Waals surface area contributed by atoms with Crippen LogP contribution in [0.4, 0.5) is 0 Å². The summed E-state index contributed by atoms with van der Waals surface area (Å²) in [5, 5.41) is 21.6. The standard InChI is InChI=1S/C24H34O10/c1-12-7-16-23(10-30-13(2)25,8-15(12)33-17(27)9-21(4,5)29)22(6)19(28)18(32-14(3)26)20(34-16)24(22)11-31-24/h7,15-16,18-20,28-29H,8-11H2,1-6H3/t15-,16+,18+,19+,20-,22+,23+,24-/m0/s1. The summed E-state index contributed by atoms with van der Waals surface area (Å²) in [6.07, 6.45) is -2.35. The molecule has 2 saturated heterocycles. The molecular weight excluding hydrogens is 448 g/mol. The smallest absolute Gasteiger partial charge is 0.309 e. The zero-order valence-electron chi connectivity index (χ0n) is 20.5. The van der Waals surface area contributed by atoms with Gasteiger partial charge >= 0.3 is 17.9 Å². The molecule has 2 heterocycles. The van der Waals surface area contributed by atoms with Crippen LogP contribution in [0.5, 0.6) is 0 Å². The minimum absolute atomic E-state index is 0.117. The highest BCUT2D eigenvalue weighted by atomic mass is 16.7. The van der Waals surface area contributed by atoms with Crippen molar-refractivity contribution < 1.29 is 48.3 Å². The molecule has 2 N–H and O–H groups in total. The lowest BCUT2D eigenvalue weighted by Gasteiger charge is -2.58. The Morgan fingerprint density at radius 2 is 1.85 bits per heavy atom. The van der Waals surface area contributed by atoms with Gasteiger partial charge in [0.05, 0.1) is 24.7 Å². The number of hydrogen-bond acceptors (Lipinski definition) is 10. The second-order valence-electron chi connectivity index (χ2n) is 10.9. The Bertz CT molecular complexity index is 915. The highest BCUT2D eigenvalue weighted by Crippen LogP contribution is 2.72. The van der Waals surface area contributed by atoms with Gasteiger partial charge in [0, 0.05) is 31.1 Å². The summed E-state index contributed by atoms with van der Waals surface area (Å²) in [7, 11) is 0. The van der Waals surface area contributed by atoms with Crippen LogP contribution in [0.25, 0.3) is 0 Å². The summed E-state index contributed by atoms with van der Waals surface area (Å²) in [5.74, 6) is -1.63. The van der Waals surface area contributed by atoms with E-state index in [1.54, 1.807) is 0 Å². The Morgan fingerprint density at radius 3 is 2.38 bits per heavy atom. The van der Waals surface area contributed by atoms with Crippen molar-refractivity contribution in [2.75, 3.05) is 13.2 Å². The third kappa shape index (κ3) is 3.66. The largest absolute Gasteiger partial charge is 0.465 e. The van der Waals surface area contributed by atoms with E-state index in [-0.39, 0.29) is 26.1 Å². The first-order valence-electron chi connectivity index (χ1n) is 11.6. The molecule has 0 aromatic heterocycles. The molecular formula is C24H34O10. The molecule has 0 aromatic rings. The van der Waals surface area contributed by atoms with Crippen molar-refractivity contribution in [3.8, 4) is 0 Å². The highest BCUT2D eigenvalue weighted by molar-refractivity contribution is 5.71. The van der Waals surface area contributed by atoms with Gasteiger partial charge in [-0.25, -0.2) is 0 Å². The zero-order valence-corrected chi connectivity index (χ0v) is 20.5. The van der Waals surface area contributed by atoms with Crippen LogP contribution in [0, 0.1) is 10.8 Å². The van der Waals surface area contributed by atoms with Crippen molar-refractivity contribution in [3.05, 3.63) is 11.6 Å². The van der Waals surface area contributed by atoms with Crippen LogP contribution in [-0.2, 0) is 38.1 Å². The van der Waals surface area contributed by atoms with Crippen molar-refractivity contribution in [2.24, 2.45) is 10.8 Å². The molecule has 0 amide bonds. The number of carbonyl (C=O) groups is 3. The summed E-state index contributed by atoms with van der Waals surface area (Å²) < 4.78 is 29.1. The lowest BCUT2D eigenvalue weighted by molar-refractivity contribution is -0.239. The van der Waals surface area contributed by atoms with Gasteiger partial charge in [0.1, 0.15) is 30.5 Å². The van der Waals surface area contributed by atoms with Crippen LogP contribution in [0.3, 0.4) is 0 Å². The van der Waals surface area contributed by atoms with Crippen molar-refractivity contribution in [2.45, 2.75) is 96.1 Å².